The Morgan fingerprint density at radius 1 is 0.844 bits per heavy atom. The van der Waals surface area contributed by atoms with Gasteiger partial charge in [-0.1, -0.05) is 0 Å². The van der Waals surface area contributed by atoms with E-state index in [1.807, 2.05) is 12.1 Å². The zero-order valence-electron chi connectivity index (χ0n) is 16.4. The maximum Gasteiger partial charge on any atom is 0.138 e. The van der Waals surface area contributed by atoms with Crippen LogP contribution in [-0.4, -0.2) is 40.2 Å². The third-order valence-corrected chi connectivity index (χ3v) is 5.25. The Kier molecular flexibility index (Phi) is 3.94. The van der Waals surface area contributed by atoms with E-state index in [0.717, 1.165) is 33.6 Å². The minimum absolute atomic E-state index is 0.136. The average molecular weight is 423 g/mol. The van der Waals surface area contributed by atoms with E-state index in [1.165, 1.54) is 12.1 Å². The van der Waals surface area contributed by atoms with Gasteiger partial charge in [0.1, 0.15) is 28.6 Å². The van der Waals surface area contributed by atoms with Gasteiger partial charge in [-0.25, -0.2) is 9.37 Å². The number of H-pyrrole nitrogens is 2. The average Bonchev–Trinajstić information content (AvgIpc) is 3.42. The van der Waals surface area contributed by atoms with Crippen LogP contribution in [0.15, 0.2) is 67.4 Å². The smallest absolute Gasteiger partial charge is 0.138 e. The molecule has 32 heavy (non-hydrogen) atoms. The molecule has 8 nitrogen and oxygen atoms in total. The fraction of sp³-hybridized carbons (Fsp3) is 0. The van der Waals surface area contributed by atoms with E-state index < -0.39 is 5.82 Å². The SMILES string of the molecule is Oc1cc(F)cc(-c2ccnc3[nH]c(-c4n[nH]c5cnc(-c6cnccn6)cc45)cc23)c1. The van der Waals surface area contributed by atoms with Gasteiger partial charge in [-0.15, -0.1) is 0 Å². The number of hydrogen-bond donors (Lipinski definition) is 3. The molecule has 0 saturated heterocycles. The van der Waals surface area contributed by atoms with Gasteiger partial charge < -0.3 is 10.1 Å². The predicted molar refractivity (Wildman–Crippen MR) is 117 cm³/mol. The number of nitrogens with zero attached hydrogens (tertiary/aromatic N) is 5. The van der Waals surface area contributed by atoms with Crippen molar-refractivity contribution < 1.29 is 9.50 Å². The van der Waals surface area contributed by atoms with Gasteiger partial charge in [0.15, 0.2) is 0 Å². The van der Waals surface area contributed by atoms with Gasteiger partial charge in [-0.05, 0) is 41.5 Å². The number of hydrogen-bond acceptors (Lipinski definition) is 6. The normalized spacial score (nSPS) is 11.4. The summed E-state index contributed by atoms with van der Waals surface area (Å²) in [4.78, 5) is 20.6. The number of pyridine rings is 2. The Labute approximate surface area is 179 Å². The third-order valence-electron chi connectivity index (χ3n) is 5.25. The zero-order valence-corrected chi connectivity index (χ0v) is 16.4. The number of phenolic OH excluding ortho intramolecular Hbond substituents is 1. The molecule has 0 amide bonds. The van der Waals surface area contributed by atoms with Crippen molar-refractivity contribution in [2.24, 2.45) is 0 Å². The summed E-state index contributed by atoms with van der Waals surface area (Å²) in [5.74, 6) is -0.647. The van der Waals surface area contributed by atoms with Crippen LogP contribution >= 0.6 is 0 Å². The number of halogens is 1. The number of aromatic amines is 2. The van der Waals surface area contributed by atoms with Crippen LogP contribution in [0.1, 0.15) is 0 Å². The Bertz CT molecular complexity index is 1590. The number of nitrogens with one attached hydrogen (secondary N) is 2. The van der Waals surface area contributed by atoms with Crippen LogP contribution in [0.5, 0.6) is 5.75 Å². The molecule has 1 aromatic carbocycles. The second-order valence-corrected chi connectivity index (χ2v) is 7.28. The van der Waals surface area contributed by atoms with Gasteiger partial charge in [0.05, 0.1) is 29.3 Å². The fourth-order valence-electron chi connectivity index (χ4n) is 3.83. The van der Waals surface area contributed by atoms with Crippen LogP contribution in [-0.2, 0) is 0 Å². The number of rotatable bonds is 3. The standard InChI is InChI=1S/C23H14FN7O/c24-13-5-12(6-14(32)7-13)15-1-2-27-23-16(15)8-19(29-23)22-17-9-18(21-10-25-3-4-26-21)28-11-20(17)30-31-22/h1-11,32H,(H,27,29)(H,30,31). The number of aromatic hydroxyl groups is 1. The summed E-state index contributed by atoms with van der Waals surface area (Å²) in [5, 5.41) is 18.9. The lowest BCUT2D eigenvalue weighted by atomic mass is 10.0. The van der Waals surface area contributed by atoms with Gasteiger partial charge in [0.2, 0.25) is 0 Å². The van der Waals surface area contributed by atoms with Gasteiger partial charge >= 0.3 is 0 Å². The summed E-state index contributed by atoms with van der Waals surface area (Å²) < 4.78 is 13.9. The molecular formula is C23H14FN7O. The lowest BCUT2D eigenvalue weighted by molar-refractivity contribution is 0.469. The molecule has 0 aliphatic rings. The topological polar surface area (TPSA) is 116 Å². The molecule has 0 spiro atoms. The van der Waals surface area contributed by atoms with Crippen LogP contribution in [0.4, 0.5) is 4.39 Å². The maximum atomic E-state index is 13.9. The molecule has 5 heterocycles. The fourth-order valence-corrected chi connectivity index (χ4v) is 3.83. The highest BCUT2D eigenvalue weighted by Crippen LogP contribution is 2.35. The van der Waals surface area contributed by atoms with E-state index in [2.05, 4.69) is 35.1 Å². The molecule has 5 aromatic heterocycles. The first-order valence-electron chi connectivity index (χ1n) is 9.74. The van der Waals surface area contributed by atoms with Crippen molar-refractivity contribution in [3.8, 4) is 39.7 Å². The third kappa shape index (κ3) is 2.95. The Morgan fingerprint density at radius 2 is 1.78 bits per heavy atom. The molecule has 0 bridgehead atoms. The molecule has 154 valence electrons. The summed E-state index contributed by atoms with van der Waals surface area (Å²) in [6, 6.07) is 9.58. The molecule has 0 unspecified atom stereocenters. The number of phenols is 1. The van der Waals surface area contributed by atoms with Crippen molar-refractivity contribution in [3.05, 3.63) is 73.2 Å². The van der Waals surface area contributed by atoms with E-state index >= 15 is 0 Å². The minimum atomic E-state index is -0.511. The van der Waals surface area contributed by atoms with E-state index in [1.54, 1.807) is 37.1 Å². The van der Waals surface area contributed by atoms with Crippen LogP contribution in [0.2, 0.25) is 0 Å². The molecular weight excluding hydrogens is 409 g/mol. The van der Waals surface area contributed by atoms with Crippen LogP contribution in [0.3, 0.4) is 0 Å². The molecule has 0 fully saturated rings. The molecule has 3 N–H and O–H groups in total. The summed E-state index contributed by atoms with van der Waals surface area (Å²) in [6.45, 7) is 0. The molecule has 0 atom stereocenters. The van der Waals surface area contributed by atoms with Crippen molar-refractivity contribution >= 4 is 21.9 Å². The van der Waals surface area contributed by atoms with Crippen LogP contribution in [0, 0.1) is 5.82 Å². The second-order valence-electron chi connectivity index (χ2n) is 7.28. The van der Waals surface area contributed by atoms with Crippen molar-refractivity contribution in [2.75, 3.05) is 0 Å². The van der Waals surface area contributed by atoms with Crippen LogP contribution in [0.25, 0.3) is 55.8 Å². The van der Waals surface area contributed by atoms with Gasteiger partial charge in [0.25, 0.3) is 0 Å². The number of aromatic nitrogens is 7. The van der Waals surface area contributed by atoms with Gasteiger partial charge in [-0.3, -0.25) is 20.1 Å². The molecule has 0 aliphatic carbocycles. The Balaban J connectivity index is 1.52. The lowest BCUT2D eigenvalue weighted by Crippen LogP contribution is -1.88. The lowest BCUT2D eigenvalue weighted by Gasteiger charge is -2.04. The monoisotopic (exact) mass is 423 g/mol. The Hall–Kier alpha value is -4.66. The zero-order chi connectivity index (χ0) is 21.7. The van der Waals surface area contributed by atoms with Crippen molar-refractivity contribution in [3.63, 3.8) is 0 Å². The molecule has 6 rings (SSSR count). The van der Waals surface area contributed by atoms with Crippen LogP contribution < -0.4 is 0 Å². The quantitative estimate of drug-likeness (QED) is 0.387. The highest BCUT2D eigenvalue weighted by atomic mass is 19.1. The summed E-state index contributed by atoms with van der Waals surface area (Å²) in [7, 11) is 0. The van der Waals surface area contributed by atoms with Crippen molar-refractivity contribution in [1.29, 1.82) is 0 Å². The first-order valence-corrected chi connectivity index (χ1v) is 9.74. The van der Waals surface area contributed by atoms with E-state index in [-0.39, 0.29) is 5.75 Å². The molecule has 9 heteroatoms. The van der Waals surface area contributed by atoms with Crippen molar-refractivity contribution in [1.82, 2.24) is 35.1 Å². The predicted octanol–water partition coefficient (Wildman–Crippen LogP) is 4.47. The molecule has 0 saturated carbocycles. The largest absolute Gasteiger partial charge is 0.508 e. The van der Waals surface area contributed by atoms with Gasteiger partial charge in [-0.2, -0.15) is 5.10 Å². The highest BCUT2D eigenvalue weighted by Gasteiger charge is 2.16. The second kappa shape index (κ2) is 6.95. The first kappa shape index (κ1) is 18.1. The number of fused-ring (bicyclic) bond motifs is 2. The van der Waals surface area contributed by atoms with E-state index in [4.69, 9.17) is 0 Å². The minimum Gasteiger partial charge on any atom is -0.508 e. The maximum absolute atomic E-state index is 13.9. The van der Waals surface area contributed by atoms with E-state index in [0.29, 0.717) is 28.3 Å². The molecule has 0 aliphatic heterocycles. The summed E-state index contributed by atoms with van der Waals surface area (Å²) in [5.41, 5.74) is 5.47. The Morgan fingerprint density at radius 3 is 2.62 bits per heavy atom. The van der Waals surface area contributed by atoms with Gasteiger partial charge in [0, 0.05) is 35.4 Å². The molecule has 6 aromatic rings. The first-order chi connectivity index (χ1) is 15.7. The van der Waals surface area contributed by atoms with E-state index in [9.17, 15) is 9.50 Å². The highest BCUT2D eigenvalue weighted by molar-refractivity contribution is 6.00. The summed E-state index contributed by atoms with van der Waals surface area (Å²) in [6.07, 6.45) is 8.23. The summed E-state index contributed by atoms with van der Waals surface area (Å²) >= 11 is 0. The molecule has 0 radical (unpaired) electrons. The van der Waals surface area contributed by atoms with Crippen molar-refractivity contribution in [2.45, 2.75) is 0 Å². The number of benzene rings is 1.